The molecule has 0 atom stereocenters. The molecule has 0 aliphatic carbocycles. The Morgan fingerprint density at radius 2 is 1.73 bits per heavy atom. The van der Waals surface area contributed by atoms with Crippen molar-refractivity contribution in [3.63, 3.8) is 0 Å². The number of nitrogens with one attached hydrogen (secondary N) is 3. The minimum atomic E-state index is -0.399. The van der Waals surface area contributed by atoms with E-state index in [0.29, 0.717) is 39.7 Å². The summed E-state index contributed by atoms with van der Waals surface area (Å²) < 4.78 is 0.843. The number of carbonyl (C=O) groups excluding carboxylic acids is 2. The van der Waals surface area contributed by atoms with Crippen molar-refractivity contribution in [1.82, 2.24) is 15.3 Å². The van der Waals surface area contributed by atoms with Gasteiger partial charge in [0.05, 0.1) is 21.3 Å². The van der Waals surface area contributed by atoms with Crippen molar-refractivity contribution in [2.45, 2.75) is 6.42 Å². The zero-order chi connectivity index (χ0) is 26.1. The number of fused-ring (bicyclic) bond motifs is 1. The number of aromatic nitrogens is 2. The Labute approximate surface area is 231 Å². The number of nitrogens with two attached hydrogens (primary N) is 1. The minimum absolute atomic E-state index is 0.0890. The Balaban J connectivity index is 1.49. The number of nitrogen functional groups attached to an aromatic ring is 1. The first-order chi connectivity index (χ1) is 17.8. The van der Waals surface area contributed by atoms with Crippen LogP contribution in [0.5, 0.6) is 0 Å². The number of halogens is 3. The molecular weight excluding hydrogens is 575 g/mol. The highest BCUT2D eigenvalue weighted by Gasteiger charge is 2.27. The SMILES string of the molecule is Nc1[nH]c(C(=O)c2ccc(Br)cc2)c(-c2ccc(Cl)c(Cl)c2)c1C(=O)NCCc1c[nH]c2ccccc12. The first-order valence-electron chi connectivity index (χ1n) is 11.4. The second-order valence-corrected chi connectivity index (χ2v) is 10.2. The molecule has 5 aromatic rings. The Morgan fingerprint density at radius 1 is 0.973 bits per heavy atom. The van der Waals surface area contributed by atoms with E-state index in [1.807, 2.05) is 30.5 Å². The van der Waals surface area contributed by atoms with Crippen LogP contribution in [0.25, 0.3) is 22.0 Å². The Bertz CT molecular complexity index is 1640. The Morgan fingerprint density at radius 3 is 2.49 bits per heavy atom. The molecule has 3 aromatic carbocycles. The van der Waals surface area contributed by atoms with Gasteiger partial charge in [-0.25, -0.2) is 0 Å². The number of para-hydroxylation sites is 1. The van der Waals surface area contributed by atoms with Crippen LogP contribution >= 0.6 is 39.1 Å². The van der Waals surface area contributed by atoms with Crippen molar-refractivity contribution in [1.29, 1.82) is 0 Å². The highest BCUT2D eigenvalue weighted by Crippen LogP contribution is 2.36. The molecule has 6 nitrogen and oxygen atoms in total. The van der Waals surface area contributed by atoms with Crippen molar-refractivity contribution < 1.29 is 9.59 Å². The molecular formula is C28H21BrCl2N4O2. The average Bonchev–Trinajstić information content (AvgIpc) is 3.46. The Kier molecular flexibility index (Phi) is 7.11. The lowest BCUT2D eigenvalue weighted by Gasteiger charge is -2.10. The molecule has 186 valence electrons. The van der Waals surface area contributed by atoms with Crippen LogP contribution in [0.15, 0.2) is 77.4 Å². The topological polar surface area (TPSA) is 104 Å². The summed E-state index contributed by atoms with van der Waals surface area (Å²) >= 11 is 15.8. The van der Waals surface area contributed by atoms with E-state index in [-0.39, 0.29) is 22.9 Å². The maximum absolute atomic E-state index is 13.5. The standard InChI is InChI=1S/C28H21BrCl2N4O2/c29-18-8-5-15(6-9-18)26(36)25-23(16-7-10-20(30)21(31)13-16)24(27(32)35-25)28(37)33-12-11-17-14-34-22-4-2-1-3-19(17)22/h1-10,13-14,34-35H,11-12,32H2,(H,33,37). The maximum atomic E-state index is 13.5. The van der Waals surface area contributed by atoms with Gasteiger partial charge in [-0.3, -0.25) is 9.59 Å². The van der Waals surface area contributed by atoms with Gasteiger partial charge in [-0.05, 0) is 60.0 Å². The number of amides is 1. The number of hydrogen-bond acceptors (Lipinski definition) is 3. The van der Waals surface area contributed by atoms with Gasteiger partial charge in [0.1, 0.15) is 5.82 Å². The third-order valence-electron chi connectivity index (χ3n) is 6.15. The van der Waals surface area contributed by atoms with E-state index >= 15 is 0 Å². The van der Waals surface area contributed by atoms with Crippen LogP contribution in [0.1, 0.15) is 32.0 Å². The van der Waals surface area contributed by atoms with E-state index < -0.39 is 5.91 Å². The van der Waals surface area contributed by atoms with Crippen molar-refractivity contribution in [2.75, 3.05) is 12.3 Å². The predicted molar refractivity (Wildman–Crippen MR) is 153 cm³/mol. The van der Waals surface area contributed by atoms with Gasteiger partial charge in [-0.15, -0.1) is 0 Å². The predicted octanol–water partition coefficient (Wildman–Crippen LogP) is 7.02. The number of hydrogen-bond donors (Lipinski definition) is 4. The van der Waals surface area contributed by atoms with Crippen molar-refractivity contribution in [3.8, 4) is 11.1 Å². The number of ketones is 1. The molecule has 5 N–H and O–H groups in total. The van der Waals surface area contributed by atoms with Crippen molar-refractivity contribution in [2.24, 2.45) is 0 Å². The summed E-state index contributed by atoms with van der Waals surface area (Å²) in [6.07, 6.45) is 2.56. The van der Waals surface area contributed by atoms with Gasteiger partial charge in [-0.2, -0.15) is 0 Å². The molecule has 0 saturated heterocycles. The molecule has 2 aromatic heterocycles. The lowest BCUT2D eigenvalue weighted by Crippen LogP contribution is -2.26. The highest BCUT2D eigenvalue weighted by molar-refractivity contribution is 9.10. The molecule has 0 radical (unpaired) electrons. The van der Waals surface area contributed by atoms with E-state index in [1.165, 1.54) is 0 Å². The number of aromatic amines is 2. The third-order valence-corrected chi connectivity index (χ3v) is 7.42. The molecule has 2 heterocycles. The highest BCUT2D eigenvalue weighted by atomic mass is 79.9. The summed E-state index contributed by atoms with van der Waals surface area (Å²) in [5, 5.41) is 4.72. The largest absolute Gasteiger partial charge is 0.385 e. The number of rotatable bonds is 7. The molecule has 0 saturated carbocycles. The van der Waals surface area contributed by atoms with E-state index in [4.69, 9.17) is 28.9 Å². The third kappa shape index (κ3) is 5.03. The van der Waals surface area contributed by atoms with Gasteiger partial charge < -0.3 is 21.0 Å². The molecule has 0 bridgehead atoms. The number of anilines is 1. The van der Waals surface area contributed by atoms with Gasteiger partial charge in [0.15, 0.2) is 0 Å². The summed E-state index contributed by atoms with van der Waals surface area (Å²) in [5.41, 5.74) is 10.1. The van der Waals surface area contributed by atoms with Crippen molar-refractivity contribution >= 4 is 67.5 Å². The van der Waals surface area contributed by atoms with Gasteiger partial charge in [0, 0.05) is 39.2 Å². The number of benzene rings is 3. The molecule has 9 heteroatoms. The summed E-state index contributed by atoms with van der Waals surface area (Å²) in [6.45, 7) is 0.377. The van der Waals surface area contributed by atoms with Gasteiger partial charge in [0.25, 0.3) is 5.91 Å². The second-order valence-electron chi connectivity index (χ2n) is 8.49. The fourth-order valence-electron chi connectivity index (χ4n) is 4.35. The van der Waals surface area contributed by atoms with Gasteiger partial charge in [0.2, 0.25) is 5.78 Å². The Hall–Kier alpha value is -3.52. The van der Waals surface area contributed by atoms with Crippen LogP contribution in [0.4, 0.5) is 5.82 Å². The molecule has 0 aliphatic rings. The summed E-state index contributed by atoms with van der Waals surface area (Å²) in [4.78, 5) is 33.1. The fraction of sp³-hybridized carbons (Fsp3) is 0.0714. The zero-order valence-electron chi connectivity index (χ0n) is 19.4. The van der Waals surface area contributed by atoms with Crippen LogP contribution in [0.3, 0.4) is 0 Å². The van der Waals surface area contributed by atoms with Gasteiger partial charge >= 0.3 is 0 Å². The molecule has 0 spiro atoms. The normalized spacial score (nSPS) is 11.1. The average molecular weight is 596 g/mol. The van der Waals surface area contributed by atoms with Crippen LogP contribution in [-0.4, -0.2) is 28.2 Å². The maximum Gasteiger partial charge on any atom is 0.255 e. The summed E-state index contributed by atoms with van der Waals surface area (Å²) in [6, 6.07) is 19.9. The van der Waals surface area contributed by atoms with Crippen LogP contribution < -0.4 is 11.1 Å². The quantitative estimate of drug-likeness (QED) is 0.152. The van der Waals surface area contributed by atoms with Gasteiger partial charge in [-0.1, -0.05) is 63.4 Å². The monoisotopic (exact) mass is 594 g/mol. The van der Waals surface area contributed by atoms with Crippen LogP contribution in [-0.2, 0) is 6.42 Å². The van der Waals surface area contributed by atoms with Crippen LogP contribution in [0.2, 0.25) is 10.0 Å². The minimum Gasteiger partial charge on any atom is -0.385 e. The number of carbonyl (C=O) groups is 2. The number of H-pyrrole nitrogens is 2. The van der Waals surface area contributed by atoms with E-state index in [0.717, 1.165) is 20.9 Å². The van der Waals surface area contributed by atoms with E-state index in [9.17, 15) is 9.59 Å². The van der Waals surface area contributed by atoms with E-state index in [2.05, 4.69) is 31.2 Å². The summed E-state index contributed by atoms with van der Waals surface area (Å²) in [5.74, 6) is -0.617. The lowest BCUT2D eigenvalue weighted by molar-refractivity contribution is 0.0955. The fourth-order valence-corrected chi connectivity index (χ4v) is 4.91. The molecule has 37 heavy (non-hydrogen) atoms. The molecule has 1 amide bonds. The molecule has 0 aliphatic heterocycles. The lowest BCUT2D eigenvalue weighted by atomic mass is 9.96. The molecule has 0 fully saturated rings. The van der Waals surface area contributed by atoms with E-state index in [1.54, 1.807) is 42.5 Å². The van der Waals surface area contributed by atoms with Crippen molar-refractivity contribution in [3.05, 3.63) is 110 Å². The van der Waals surface area contributed by atoms with Crippen LogP contribution in [0, 0.1) is 0 Å². The first kappa shape index (κ1) is 25.1. The smallest absolute Gasteiger partial charge is 0.255 e. The molecule has 0 unspecified atom stereocenters. The molecule has 5 rings (SSSR count). The second kappa shape index (κ2) is 10.5. The zero-order valence-corrected chi connectivity index (χ0v) is 22.5. The first-order valence-corrected chi connectivity index (χ1v) is 13.0. The summed E-state index contributed by atoms with van der Waals surface area (Å²) in [7, 11) is 0.